The average Bonchev–Trinajstić information content (AvgIpc) is 3.32. The molecule has 4 atom stereocenters. The summed E-state index contributed by atoms with van der Waals surface area (Å²) in [5, 5.41) is 4.04. The maximum absolute atomic E-state index is 13.9. The largest absolute Gasteiger partial charge is 0.357 e. The number of fused-ring (bicyclic) bond motifs is 5. The number of benzene rings is 3. The van der Waals surface area contributed by atoms with Crippen molar-refractivity contribution in [3.05, 3.63) is 99.1 Å². The SMILES string of the molecule is O=C(Nc1ccc(Cl)cc1)[C@@H]1[C@@H]2C(=O)N(c3cc(Cl)cc(Cl)c3)C(=O)[C@@H]2C2c3ccccc3C=CN21. The van der Waals surface area contributed by atoms with Gasteiger partial charge in [0.1, 0.15) is 6.04 Å². The molecule has 0 saturated carbocycles. The number of hydrogen-bond acceptors (Lipinski definition) is 4. The zero-order valence-corrected chi connectivity index (χ0v) is 20.8. The lowest BCUT2D eigenvalue weighted by Gasteiger charge is -2.35. The van der Waals surface area contributed by atoms with E-state index in [9.17, 15) is 14.4 Å². The van der Waals surface area contributed by atoms with Crippen molar-refractivity contribution < 1.29 is 14.4 Å². The number of halogens is 3. The Morgan fingerprint density at radius 2 is 1.47 bits per heavy atom. The van der Waals surface area contributed by atoms with Crippen molar-refractivity contribution in [2.45, 2.75) is 12.1 Å². The van der Waals surface area contributed by atoms with Crippen LogP contribution in [-0.2, 0) is 14.4 Å². The van der Waals surface area contributed by atoms with Gasteiger partial charge in [-0.25, -0.2) is 4.90 Å². The summed E-state index contributed by atoms with van der Waals surface area (Å²) >= 11 is 18.3. The molecule has 3 heterocycles. The van der Waals surface area contributed by atoms with Crippen molar-refractivity contribution in [1.29, 1.82) is 0 Å². The molecule has 3 aliphatic heterocycles. The second-order valence-corrected chi connectivity index (χ2v) is 10.3. The quantitative estimate of drug-likeness (QED) is 0.428. The highest BCUT2D eigenvalue weighted by atomic mass is 35.5. The molecule has 0 radical (unpaired) electrons. The highest BCUT2D eigenvalue weighted by molar-refractivity contribution is 6.36. The molecule has 3 aromatic rings. The van der Waals surface area contributed by atoms with Gasteiger partial charge in [-0.3, -0.25) is 14.4 Å². The first kappa shape index (κ1) is 23.1. The molecule has 0 aromatic heterocycles. The second kappa shape index (κ2) is 8.66. The van der Waals surface area contributed by atoms with Gasteiger partial charge in [-0.1, -0.05) is 59.1 Å². The monoisotopic (exact) mass is 537 g/mol. The van der Waals surface area contributed by atoms with Crippen LogP contribution in [0, 0.1) is 11.8 Å². The van der Waals surface area contributed by atoms with E-state index in [1.807, 2.05) is 35.2 Å². The molecule has 6 nitrogen and oxygen atoms in total. The van der Waals surface area contributed by atoms with Crippen LogP contribution in [0.1, 0.15) is 17.2 Å². The molecule has 3 aliphatic rings. The van der Waals surface area contributed by atoms with Crippen LogP contribution < -0.4 is 10.2 Å². The van der Waals surface area contributed by atoms with Gasteiger partial charge < -0.3 is 10.2 Å². The maximum Gasteiger partial charge on any atom is 0.247 e. The van der Waals surface area contributed by atoms with E-state index in [0.29, 0.717) is 26.4 Å². The highest BCUT2D eigenvalue weighted by Gasteiger charge is 2.64. The molecule has 3 aromatic carbocycles. The molecule has 36 heavy (non-hydrogen) atoms. The summed E-state index contributed by atoms with van der Waals surface area (Å²) in [5.74, 6) is -2.89. The number of amides is 3. The van der Waals surface area contributed by atoms with Crippen molar-refractivity contribution >= 4 is 70.0 Å². The number of carbonyl (C=O) groups excluding carboxylic acids is 3. The van der Waals surface area contributed by atoms with E-state index in [0.717, 1.165) is 16.0 Å². The normalized spacial score (nSPS) is 24.0. The van der Waals surface area contributed by atoms with Crippen molar-refractivity contribution in [2.24, 2.45) is 11.8 Å². The summed E-state index contributed by atoms with van der Waals surface area (Å²) in [5.41, 5.74) is 2.67. The van der Waals surface area contributed by atoms with Gasteiger partial charge in [-0.2, -0.15) is 0 Å². The summed E-state index contributed by atoms with van der Waals surface area (Å²) < 4.78 is 0. The third-order valence-electron chi connectivity index (χ3n) is 6.95. The first-order chi connectivity index (χ1) is 17.3. The molecule has 0 aliphatic carbocycles. The lowest BCUT2D eigenvalue weighted by Crippen LogP contribution is -2.46. The van der Waals surface area contributed by atoms with Gasteiger partial charge in [0.2, 0.25) is 17.7 Å². The van der Waals surface area contributed by atoms with E-state index in [-0.39, 0.29) is 11.8 Å². The van der Waals surface area contributed by atoms with E-state index in [1.165, 1.54) is 18.2 Å². The van der Waals surface area contributed by atoms with Crippen molar-refractivity contribution in [3.63, 3.8) is 0 Å². The fraction of sp³-hybridized carbons (Fsp3) is 0.148. The summed E-state index contributed by atoms with van der Waals surface area (Å²) in [6, 6.07) is 17.6. The summed E-state index contributed by atoms with van der Waals surface area (Å²) in [4.78, 5) is 44.4. The molecule has 0 bridgehead atoms. The predicted molar refractivity (Wildman–Crippen MR) is 140 cm³/mol. The molecular formula is C27H18Cl3N3O3. The number of nitrogens with one attached hydrogen (secondary N) is 1. The third-order valence-corrected chi connectivity index (χ3v) is 7.64. The summed E-state index contributed by atoms with van der Waals surface area (Å²) in [6.07, 6.45) is 3.71. The Bertz CT molecular complexity index is 1440. The molecule has 3 amide bonds. The zero-order chi connectivity index (χ0) is 25.1. The maximum atomic E-state index is 13.9. The van der Waals surface area contributed by atoms with Crippen molar-refractivity contribution in [3.8, 4) is 0 Å². The molecule has 6 rings (SSSR count). The molecule has 0 spiro atoms. The summed E-state index contributed by atoms with van der Waals surface area (Å²) in [7, 11) is 0. The van der Waals surface area contributed by atoms with Crippen LogP contribution in [0.3, 0.4) is 0 Å². The Labute approximate surface area is 222 Å². The van der Waals surface area contributed by atoms with E-state index >= 15 is 0 Å². The predicted octanol–water partition coefficient (Wildman–Crippen LogP) is 5.80. The fourth-order valence-corrected chi connectivity index (χ4v) is 6.17. The number of hydrogen-bond donors (Lipinski definition) is 1. The second-order valence-electron chi connectivity index (χ2n) is 8.97. The molecule has 1 N–H and O–H groups in total. The summed E-state index contributed by atoms with van der Waals surface area (Å²) in [6.45, 7) is 0. The van der Waals surface area contributed by atoms with Crippen molar-refractivity contribution in [2.75, 3.05) is 10.2 Å². The van der Waals surface area contributed by atoms with Gasteiger partial charge in [0.25, 0.3) is 0 Å². The first-order valence-electron chi connectivity index (χ1n) is 11.3. The number of nitrogens with zero attached hydrogens (tertiary/aromatic N) is 2. The van der Waals surface area contributed by atoms with Gasteiger partial charge in [-0.15, -0.1) is 0 Å². The zero-order valence-electron chi connectivity index (χ0n) is 18.6. The van der Waals surface area contributed by atoms with Crippen LogP contribution in [0.5, 0.6) is 0 Å². The molecule has 9 heteroatoms. The minimum Gasteiger partial charge on any atom is -0.357 e. The van der Waals surface area contributed by atoms with E-state index in [1.54, 1.807) is 30.5 Å². The van der Waals surface area contributed by atoms with Crippen molar-refractivity contribution in [1.82, 2.24) is 4.90 Å². The topological polar surface area (TPSA) is 69.7 Å². The minimum atomic E-state index is -0.906. The lowest BCUT2D eigenvalue weighted by atomic mass is 9.84. The number of carbonyl (C=O) groups is 3. The Kier molecular flexibility index (Phi) is 5.56. The van der Waals surface area contributed by atoms with Crippen LogP contribution >= 0.6 is 34.8 Å². The highest BCUT2D eigenvalue weighted by Crippen LogP contribution is 2.53. The number of rotatable bonds is 3. The molecule has 2 saturated heterocycles. The molecule has 2 fully saturated rings. The van der Waals surface area contributed by atoms with Gasteiger partial charge in [-0.05, 0) is 59.7 Å². The average molecular weight is 539 g/mol. The molecule has 180 valence electrons. The van der Waals surface area contributed by atoms with Gasteiger partial charge >= 0.3 is 0 Å². The third kappa shape index (κ3) is 3.60. The minimum absolute atomic E-state index is 0.292. The number of imide groups is 1. The van der Waals surface area contributed by atoms with Gasteiger partial charge in [0, 0.05) is 27.0 Å². The van der Waals surface area contributed by atoms with E-state index < -0.39 is 29.8 Å². The van der Waals surface area contributed by atoms with Crippen LogP contribution in [-0.4, -0.2) is 28.7 Å². The van der Waals surface area contributed by atoms with Gasteiger partial charge in [0.15, 0.2) is 0 Å². The molecule has 1 unspecified atom stereocenters. The smallest absolute Gasteiger partial charge is 0.247 e. The van der Waals surface area contributed by atoms with E-state index in [4.69, 9.17) is 34.8 Å². The van der Waals surface area contributed by atoms with Gasteiger partial charge in [0.05, 0.1) is 23.6 Å². The Hall–Kier alpha value is -3.32. The van der Waals surface area contributed by atoms with Crippen LogP contribution in [0.2, 0.25) is 15.1 Å². The van der Waals surface area contributed by atoms with Crippen LogP contribution in [0.25, 0.3) is 6.08 Å². The number of anilines is 2. The lowest BCUT2D eigenvalue weighted by molar-refractivity contribution is -0.128. The van der Waals surface area contributed by atoms with E-state index in [2.05, 4.69) is 5.32 Å². The Morgan fingerprint density at radius 3 is 2.19 bits per heavy atom. The molecular weight excluding hydrogens is 521 g/mol. The van der Waals surface area contributed by atoms with Crippen LogP contribution in [0.15, 0.2) is 72.9 Å². The Balaban J connectivity index is 1.45. The fourth-order valence-electron chi connectivity index (χ4n) is 5.53. The Morgan fingerprint density at radius 1 is 0.806 bits per heavy atom. The van der Waals surface area contributed by atoms with Crippen LogP contribution in [0.4, 0.5) is 11.4 Å². The standard InChI is InChI=1S/C27H18Cl3N3O3/c28-15-5-7-18(8-6-15)31-25(34)24-22-21(23-20-4-2-1-3-14(20)9-10-32(23)24)26(35)33(27(22)36)19-12-16(29)11-17(30)13-19/h1-13,21-24H,(H,31,34)/t21-,22+,23?,24-/m0/s1. The first-order valence-corrected chi connectivity index (χ1v) is 12.4.